The number of alkyl halides is 3. The quantitative estimate of drug-likeness (QED) is 0.693. The molecule has 0 aliphatic rings. The van der Waals surface area contributed by atoms with Gasteiger partial charge in [-0.3, -0.25) is 4.79 Å². The first-order chi connectivity index (χ1) is 12.7. The van der Waals surface area contributed by atoms with Crippen molar-refractivity contribution in [2.75, 3.05) is 5.32 Å². The summed E-state index contributed by atoms with van der Waals surface area (Å²) in [5.41, 5.74) is 0.619. The molecular formula is C18H17F3N4OS. The van der Waals surface area contributed by atoms with Crippen molar-refractivity contribution in [1.82, 2.24) is 14.8 Å². The molecule has 3 rings (SSSR count). The molecule has 0 spiro atoms. The fourth-order valence-electron chi connectivity index (χ4n) is 2.59. The average Bonchev–Trinajstić information content (AvgIpc) is 3.16. The fourth-order valence-corrected chi connectivity index (χ4v) is 3.49. The van der Waals surface area contributed by atoms with Crippen LogP contribution in [0.2, 0.25) is 0 Å². The number of amides is 1. The van der Waals surface area contributed by atoms with Crippen LogP contribution in [0.5, 0.6) is 0 Å². The molecule has 142 valence electrons. The number of rotatable bonds is 4. The molecule has 0 saturated heterocycles. The molecule has 0 fully saturated rings. The average molecular weight is 394 g/mol. The Balaban J connectivity index is 1.95. The smallest absolute Gasteiger partial charge is 0.306 e. The Morgan fingerprint density at radius 1 is 1.26 bits per heavy atom. The number of nitrogens with zero attached hydrogens (tertiary/aromatic N) is 3. The summed E-state index contributed by atoms with van der Waals surface area (Å²) >= 11 is 1.30. The second kappa shape index (κ2) is 7.15. The first kappa shape index (κ1) is 19.1. The highest BCUT2D eigenvalue weighted by Gasteiger charge is 2.30. The van der Waals surface area contributed by atoms with Crippen molar-refractivity contribution in [2.24, 2.45) is 0 Å². The Labute approximate surface area is 157 Å². The second-order valence-corrected chi connectivity index (χ2v) is 7.04. The zero-order valence-corrected chi connectivity index (χ0v) is 15.7. The van der Waals surface area contributed by atoms with E-state index in [9.17, 15) is 18.0 Å². The minimum atomic E-state index is -4.46. The highest BCUT2D eigenvalue weighted by Crippen LogP contribution is 2.31. The molecule has 2 heterocycles. The number of aryl methyl sites for hydroxylation is 3. The lowest BCUT2D eigenvalue weighted by molar-refractivity contribution is -0.137. The van der Waals surface area contributed by atoms with Gasteiger partial charge in [-0.2, -0.15) is 18.3 Å². The Hall–Kier alpha value is -2.68. The molecule has 0 aliphatic carbocycles. The zero-order valence-electron chi connectivity index (χ0n) is 14.9. The van der Waals surface area contributed by atoms with Crippen LogP contribution >= 0.6 is 11.3 Å². The molecule has 0 aliphatic heterocycles. The molecule has 1 aromatic carbocycles. The minimum Gasteiger partial charge on any atom is -0.306 e. The van der Waals surface area contributed by atoms with Crippen molar-refractivity contribution in [3.8, 4) is 5.69 Å². The van der Waals surface area contributed by atoms with Crippen molar-refractivity contribution in [1.29, 1.82) is 0 Å². The molecule has 1 N–H and O–H groups in total. The van der Waals surface area contributed by atoms with E-state index >= 15 is 0 Å². The van der Waals surface area contributed by atoms with Crippen LogP contribution < -0.4 is 5.32 Å². The molecule has 0 atom stereocenters. The normalized spacial score (nSPS) is 11.6. The summed E-state index contributed by atoms with van der Waals surface area (Å²) in [5.74, 6) is -0.0690. The largest absolute Gasteiger partial charge is 0.416 e. The Morgan fingerprint density at radius 3 is 2.63 bits per heavy atom. The standard InChI is InChI=1S/C18H17F3N4OS/c1-4-15-22-11(3)16(27-15)17(26)23-14-8-10(2)24-25(14)13-7-5-6-12(9-13)18(19,20)21/h5-9H,4H2,1-3H3,(H,23,26). The summed E-state index contributed by atoms with van der Waals surface area (Å²) < 4.78 is 40.3. The van der Waals surface area contributed by atoms with Gasteiger partial charge in [-0.1, -0.05) is 13.0 Å². The van der Waals surface area contributed by atoms with Gasteiger partial charge in [0.25, 0.3) is 5.91 Å². The van der Waals surface area contributed by atoms with Gasteiger partial charge in [-0.25, -0.2) is 9.67 Å². The van der Waals surface area contributed by atoms with E-state index in [1.165, 1.54) is 28.2 Å². The minimum absolute atomic E-state index is 0.212. The number of hydrogen-bond acceptors (Lipinski definition) is 4. The van der Waals surface area contributed by atoms with E-state index in [0.29, 0.717) is 22.1 Å². The van der Waals surface area contributed by atoms with Crippen LogP contribution in [0.15, 0.2) is 30.3 Å². The number of nitrogens with one attached hydrogen (secondary N) is 1. The van der Waals surface area contributed by atoms with Crippen molar-refractivity contribution in [3.05, 3.63) is 57.2 Å². The first-order valence-electron chi connectivity index (χ1n) is 8.21. The number of aromatic nitrogens is 3. The zero-order chi connectivity index (χ0) is 19.8. The maximum Gasteiger partial charge on any atom is 0.416 e. The Bertz CT molecular complexity index is 991. The molecule has 0 unspecified atom stereocenters. The van der Waals surface area contributed by atoms with Gasteiger partial charge in [0.1, 0.15) is 10.7 Å². The van der Waals surface area contributed by atoms with E-state index in [-0.39, 0.29) is 11.6 Å². The van der Waals surface area contributed by atoms with E-state index in [4.69, 9.17) is 0 Å². The van der Waals surface area contributed by atoms with Crippen LogP contribution in [0.25, 0.3) is 5.69 Å². The number of anilines is 1. The SMILES string of the molecule is CCc1nc(C)c(C(=O)Nc2cc(C)nn2-c2cccc(C(F)(F)F)c2)s1. The summed E-state index contributed by atoms with van der Waals surface area (Å²) in [6, 6.07) is 6.40. The van der Waals surface area contributed by atoms with E-state index < -0.39 is 11.7 Å². The van der Waals surface area contributed by atoms with Crippen LogP contribution in [-0.2, 0) is 12.6 Å². The van der Waals surface area contributed by atoms with Gasteiger partial charge >= 0.3 is 6.18 Å². The summed E-state index contributed by atoms with van der Waals surface area (Å²) in [7, 11) is 0. The van der Waals surface area contributed by atoms with E-state index in [1.54, 1.807) is 19.9 Å². The highest BCUT2D eigenvalue weighted by atomic mass is 32.1. The molecule has 3 aromatic rings. The number of thiazole rings is 1. The highest BCUT2D eigenvalue weighted by molar-refractivity contribution is 7.13. The van der Waals surface area contributed by atoms with Crippen LogP contribution in [0.4, 0.5) is 19.0 Å². The molecule has 9 heteroatoms. The molecule has 0 bridgehead atoms. The van der Waals surface area contributed by atoms with Crippen LogP contribution in [0.3, 0.4) is 0 Å². The number of halogens is 3. The number of benzene rings is 1. The molecule has 1 amide bonds. The van der Waals surface area contributed by atoms with Gasteiger partial charge in [0.2, 0.25) is 0 Å². The van der Waals surface area contributed by atoms with Gasteiger partial charge in [0, 0.05) is 6.07 Å². The van der Waals surface area contributed by atoms with Gasteiger partial charge in [-0.05, 0) is 38.5 Å². The van der Waals surface area contributed by atoms with Gasteiger partial charge in [0.05, 0.1) is 27.6 Å². The van der Waals surface area contributed by atoms with Gasteiger partial charge in [0.15, 0.2) is 0 Å². The van der Waals surface area contributed by atoms with Gasteiger partial charge in [-0.15, -0.1) is 11.3 Å². The molecule has 0 radical (unpaired) electrons. The number of carbonyl (C=O) groups is 1. The summed E-state index contributed by atoms with van der Waals surface area (Å²) in [6.45, 7) is 5.40. The van der Waals surface area contributed by atoms with Crippen molar-refractivity contribution in [2.45, 2.75) is 33.4 Å². The van der Waals surface area contributed by atoms with E-state index in [0.717, 1.165) is 23.6 Å². The molecule has 0 saturated carbocycles. The summed E-state index contributed by atoms with van der Waals surface area (Å²) in [5, 5.41) is 7.80. The third kappa shape index (κ3) is 4.02. The van der Waals surface area contributed by atoms with E-state index in [2.05, 4.69) is 15.4 Å². The topological polar surface area (TPSA) is 59.8 Å². The maximum absolute atomic E-state index is 13.0. The molecule has 5 nitrogen and oxygen atoms in total. The molecule has 27 heavy (non-hydrogen) atoms. The third-order valence-electron chi connectivity index (χ3n) is 3.84. The fraction of sp³-hybridized carbons (Fsp3) is 0.278. The lowest BCUT2D eigenvalue weighted by Crippen LogP contribution is -2.15. The molecule has 2 aromatic heterocycles. The van der Waals surface area contributed by atoms with Crippen molar-refractivity contribution < 1.29 is 18.0 Å². The maximum atomic E-state index is 13.0. The predicted molar refractivity (Wildman–Crippen MR) is 97.5 cm³/mol. The second-order valence-electron chi connectivity index (χ2n) is 5.96. The molecular weight excluding hydrogens is 377 g/mol. The first-order valence-corrected chi connectivity index (χ1v) is 9.02. The number of hydrogen-bond donors (Lipinski definition) is 1. The third-order valence-corrected chi connectivity index (χ3v) is 5.14. The Morgan fingerprint density at radius 2 is 2.00 bits per heavy atom. The Kier molecular flexibility index (Phi) is 5.05. The number of carbonyl (C=O) groups excluding carboxylic acids is 1. The lowest BCUT2D eigenvalue weighted by Gasteiger charge is -2.11. The van der Waals surface area contributed by atoms with Crippen molar-refractivity contribution in [3.63, 3.8) is 0 Å². The summed E-state index contributed by atoms with van der Waals surface area (Å²) in [6.07, 6.45) is -3.74. The van der Waals surface area contributed by atoms with Gasteiger partial charge < -0.3 is 5.32 Å². The monoisotopic (exact) mass is 394 g/mol. The van der Waals surface area contributed by atoms with Crippen LogP contribution in [0.1, 0.15) is 38.6 Å². The predicted octanol–water partition coefficient (Wildman–Crippen LogP) is 4.78. The van der Waals surface area contributed by atoms with Crippen LogP contribution in [0, 0.1) is 13.8 Å². The van der Waals surface area contributed by atoms with Crippen LogP contribution in [-0.4, -0.2) is 20.7 Å². The van der Waals surface area contributed by atoms with E-state index in [1.807, 2.05) is 6.92 Å². The van der Waals surface area contributed by atoms with Crippen molar-refractivity contribution >= 4 is 23.1 Å². The summed E-state index contributed by atoms with van der Waals surface area (Å²) in [4.78, 5) is 17.4. The lowest BCUT2D eigenvalue weighted by atomic mass is 10.2.